The summed E-state index contributed by atoms with van der Waals surface area (Å²) in [6.07, 6.45) is 2.64. The van der Waals surface area contributed by atoms with Crippen molar-refractivity contribution in [2.75, 3.05) is 19.6 Å². The first kappa shape index (κ1) is 16.0. The fourth-order valence-electron chi connectivity index (χ4n) is 2.66. The second kappa shape index (κ2) is 7.03. The van der Waals surface area contributed by atoms with E-state index in [9.17, 15) is 8.42 Å². The molecule has 1 fully saturated rings. The zero-order valence-corrected chi connectivity index (χ0v) is 13.1. The third-order valence-corrected chi connectivity index (χ3v) is 5.64. The van der Waals surface area contributed by atoms with Crippen molar-refractivity contribution in [1.82, 2.24) is 9.62 Å². The van der Waals surface area contributed by atoms with Crippen molar-refractivity contribution < 1.29 is 8.42 Å². The molecule has 1 aliphatic rings. The summed E-state index contributed by atoms with van der Waals surface area (Å²) < 4.78 is 27.3. The Balaban J connectivity index is 2.34. The highest BCUT2D eigenvalue weighted by Crippen LogP contribution is 2.22. The lowest BCUT2D eigenvalue weighted by Gasteiger charge is -2.33. The van der Waals surface area contributed by atoms with Gasteiger partial charge >= 0.3 is 0 Å². The van der Waals surface area contributed by atoms with Crippen LogP contribution in [0.1, 0.15) is 31.7 Å². The highest BCUT2D eigenvalue weighted by atomic mass is 32.2. The van der Waals surface area contributed by atoms with E-state index in [0.717, 1.165) is 25.8 Å². The Morgan fingerprint density at radius 3 is 2.90 bits per heavy atom. The van der Waals surface area contributed by atoms with Gasteiger partial charge in [-0.25, -0.2) is 8.42 Å². The molecule has 0 aromatic heterocycles. The van der Waals surface area contributed by atoms with Gasteiger partial charge in [0.2, 0.25) is 10.0 Å². The number of hydrogen-bond acceptors (Lipinski definition) is 4. The molecular formula is C15H21N3O2S. The fourth-order valence-corrected chi connectivity index (χ4v) is 4.45. The molecule has 2 rings (SSSR count). The lowest BCUT2D eigenvalue weighted by molar-refractivity contribution is 0.266. The van der Waals surface area contributed by atoms with Crippen LogP contribution in [0.5, 0.6) is 0 Å². The van der Waals surface area contributed by atoms with Crippen molar-refractivity contribution in [2.24, 2.45) is 0 Å². The quantitative estimate of drug-likeness (QED) is 0.899. The summed E-state index contributed by atoms with van der Waals surface area (Å²) >= 11 is 0. The van der Waals surface area contributed by atoms with Gasteiger partial charge in [0, 0.05) is 19.1 Å². The molecule has 1 saturated heterocycles. The van der Waals surface area contributed by atoms with Gasteiger partial charge in [-0.3, -0.25) is 0 Å². The monoisotopic (exact) mass is 307 g/mol. The zero-order valence-electron chi connectivity index (χ0n) is 12.2. The number of nitriles is 1. The average Bonchev–Trinajstić information content (AvgIpc) is 2.53. The minimum absolute atomic E-state index is 0.00515. The summed E-state index contributed by atoms with van der Waals surface area (Å²) in [7, 11) is -3.55. The molecule has 0 amide bonds. The summed E-state index contributed by atoms with van der Waals surface area (Å²) in [5.41, 5.74) is 0.370. The van der Waals surface area contributed by atoms with Crippen molar-refractivity contribution in [3.63, 3.8) is 0 Å². The Labute approximate surface area is 126 Å². The van der Waals surface area contributed by atoms with Crippen LogP contribution in [0.25, 0.3) is 0 Å². The molecule has 114 valence electrons. The molecule has 1 unspecified atom stereocenters. The maximum atomic E-state index is 12.9. The topological polar surface area (TPSA) is 73.2 Å². The summed E-state index contributed by atoms with van der Waals surface area (Å²) in [5, 5.41) is 12.2. The molecule has 0 aliphatic carbocycles. The van der Waals surface area contributed by atoms with E-state index < -0.39 is 10.0 Å². The standard InChI is InChI=1S/C15H21N3O2S/c1-2-9-18(14-6-4-8-17-12-14)21(19,20)15-7-3-5-13(10-15)11-16/h3,5,7,10,14,17H,2,4,6,8-9,12H2,1H3. The average molecular weight is 307 g/mol. The van der Waals surface area contributed by atoms with E-state index in [2.05, 4.69) is 5.32 Å². The number of sulfonamides is 1. The number of rotatable bonds is 5. The van der Waals surface area contributed by atoms with Gasteiger partial charge in [0.1, 0.15) is 0 Å². The lowest BCUT2D eigenvalue weighted by atomic mass is 10.1. The van der Waals surface area contributed by atoms with Gasteiger partial charge in [-0.2, -0.15) is 9.57 Å². The molecule has 0 radical (unpaired) electrons. The van der Waals surface area contributed by atoms with Crippen LogP contribution in [-0.2, 0) is 10.0 Å². The Hall–Kier alpha value is -1.42. The van der Waals surface area contributed by atoms with E-state index in [-0.39, 0.29) is 10.9 Å². The number of piperidine rings is 1. The van der Waals surface area contributed by atoms with Gasteiger partial charge in [-0.05, 0) is 44.0 Å². The van der Waals surface area contributed by atoms with Gasteiger partial charge in [0.15, 0.2) is 0 Å². The van der Waals surface area contributed by atoms with Crippen LogP contribution in [0.4, 0.5) is 0 Å². The second-order valence-corrected chi connectivity index (χ2v) is 7.15. The molecule has 1 N–H and O–H groups in total. The Morgan fingerprint density at radius 1 is 1.48 bits per heavy atom. The Kier molecular flexibility index (Phi) is 5.34. The SMILES string of the molecule is CCCN(C1CCCNC1)S(=O)(=O)c1cccc(C#N)c1. The van der Waals surface area contributed by atoms with Gasteiger partial charge in [0.05, 0.1) is 16.5 Å². The second-order valence-electron chi connectivity index (χ2n) is 5.26. The summed E-state index contributed by atoms with van der Waals surface area (Å²) in [4.78, 5) is 0.209. The predicted octanol–water partition coefficient (Wildman–Crippen LogP) is 1.71. The highest BCUT2D eigenvalue weighted by Gasteiger charge is 2.31. The van der Waals surface area contributed by atoms with Gasteiger partial charge in [-0.1, -0.05) is 13.0 Å². The molecule has 1 aromatic carbocycles. The molecule has 0 bridgehead atoms. The van der Waals surface area contributed by atoms with Crippen molar-refractivity contribution in [3.8, 4) is 6.07 Å². The highest BCUT2D eigenvalue weighted by molar-refractivity contribution is 7.89. The van der Waals surface area contributed by atoms with Crippen molar-refractivity contribution >= 4 is 10.0 Å². The van der Waals surface area contributed by atoms with Crippen LogP contribution in [-0.4, -0.2) is 38.4 Å². The molecule has 0 saturated carbocycles. The van der Waals surface area contributed by atoms with Crippen LogP contribution < -0.4 is 5.32 Å². The maximum absolute atomic E-state index is 12.9. The smallest absolute Gasteiger partial charge is 0.243 e. The molecule has 1 aromatic rings. The van der Waals surface area contributed by atoms with E-state index in [0.29, 0.717) is 18.7 Å². The van der Waals surface area contributed by atoms with Crippen LogP contribution in [0, 0.1) is 11.3 Å². The summed E-state index contributed by atoms with van der Waals surface area (Å²) in [6, 6.07) is 8.24. The lowest BCUT2D eigenvalue weighted by Crippen LogP contribution is -2.48. The van der Waals surface area contributed by atoms with Gasteiger partial charge < -0.3 is 5.32 Å². The number of nitrogens with one attached hydrogen (secondary N) is 1. The maximum Gasteiger partial charge on any atom is 0.243 e. The van der Waals surface area contributed by atoms with Gasteiger partial charge in [0.25, 0.3) is 0 Å². The fraction of sp³-hybridized carbons (Fsp3) is 0.533. The largest absolute Gasteiger partial charge is 0.315 e. The van der Waals surface area contributed by atoms with E-state index in [1.807, 2.05) is 13.0 Å². The van der Waals surface area contributed by atoms with Crippen molar-refractivity contribution in [2.45, 2.75) is 37.1 Å². The number of hydrogen-bond donors (Lipinski definition) is 1. The van der Waals surface area contributed by atoms with Crippen LogP contribution in [0.15, 0.2) is 29.2 Å². The van der Waals surface area contributed by atoms with Crippen molar-refractivity contribution in [1.29, 1.82) is 5.26 Å². The minimum Gasteiger partial charge on any atom is -0.315 e. The molecule has 0 spiro atoms. The normalized spacial score (nSPS) is 19.4. The summed E-state index contributed by atoms with van der Waals surface area (Å²) in [5.74, 6) is 0. The Bertz CT molecular complexity index is 616. The molecular weight excluding hydrogens is 286 g/mol. The van der Waals surface area contributed by atoms with E-state index >= 15 is 0 Å². The molecule has 21 heavy (non-hydrogen) atoms. The molecule has 1 heterocycles. The van der Waals surface area contributed by atoms with E-state index in [1.165, 1.54) is 6.07 Å². The molecule has 1 atom stereocenters. The first-order valence-electron chi connectivity index (χ1n) is 7.32. The summed E-state index contributed by atoms with van der Waals surface area (Å²) in [6.45, 7) is 4.12. The first-order chi connectivity index (χ1) is 10.1. The zero-order chi connectivity index (χ0) is 15.3. The van der Waals surface area contributed by atoms with Crippen LogP contribution in [0.2, 0.25) is 0 Å². The first-order valence-corrected chi connectivity index (χ1v) is 8.76. The predicted molar refractivity (Wildman–Crippen MR) is 81.2 cm³/mol. The number of benzene rings is 1. The third kappa shape index (κ3) is 3.62. The minimum atomic E-state index is -3.55. The van der Waals surface area contributed by atoms with Crippen LogP contribution >= 0.6 is 0 Å². The van der Waals surface area contributed by atoms with Crippen LogP contribution in [0.3, 0.4) is 0 Å². The van der Waals surface area contributed by atoms with Crippen molar-refractivity contribution in [3.05, 3.63) is 29.8 Å². The van der Waals surface area contributed by atoms with E-state index in [1.54, 1.807) is 22.5 Å². The Morgan fingerprint density at radius 2 is 2.29 bits per heavy atom. The van der Waals surface area contributed by atoms with E-state index in [4.69, 9.17) is 5.26 Å². The molecule has 1 aliphatic heterocycles. The molecule has 5 nitrogen and oxygen atoms in total. The van der Waals surface area contributed by atoms with Gasteiger partial charge in [-0.15, -0.1) is 0 Å². The third-order valence-electron chi connectivity index (χ3n) is 3.69. The molecule has 6 heteroatoms. The number of nitrogens with zero attached hydrogens (tertiary/aromatic N) is 2.